The fourth-order valence-corrected chi connectivity index (χ4v) is 5.24. The summed E-state index contributed by atoms with van der Waals surface area (Å²) in [6.45, 7) is 8.47. The quantitative estimate of drug-likeness (QED) is 0.721. The maximum atomic E-state index is 13.0. The summed E-state index contributed by atoms with van der Waals surface area (Å²) < 4.78 is 27.2. The molecule has 2 aromatic carbocycles. The summed E-state index contributed by atoms with van der Waals surface area (Å²) in [6.07, 6.45) is 0. The Kier molecular flexibility index (Phi) is 5.91. The van der Waals surface area contributed by atoms with Gasteiger partial charge in [0.2, 0.25) is 10.0 Å². The molecule has 7 heteroatoms. The zero-order chi connectivity index (χ0) is 21.3. The van der Waals surface area contributed by atoms with Crippen LogP contribution in [0.2, 0.25) is 0 Å². The standard InChI is InChI=1S/C22H26N2O4S/c1-15-13-16(2)21(17(3)14-15)22(26)23-9-11-24(12-10-23)29(27,28)20-7-5-19(6-8-20)18(4)25/h5-8,13-14H,9-12H2,1-4H3. The average Bonchev–Trinajstić information content (AvgIpc) is 2.67. The minimum absolute atomic E-state index is 0.0529. The highest BCUT2D eigenvalue weighted by Crippen LogP contribution is 2.22. The Morgan fingerprint density at radius 2 is 1.38 bits per heavy atom. The Hall–Kier alpha value is -2.51. The molecule has 0 radical (unpaired) electrons. The Balaban J connectivity index is 1.73. The molecule has 0 N–H and O–H groups in total. The molecular weight excluding hydrogens is 388 g/mol. The van der Waals surface area contributed by atoms with E-state index in [1.807, 2.05) is 32.9 Å². The molecule has 0 spiro atoms. The number of carbonyl (C=O) groups excluding carboxylic acids is 2. The van der Waals surface area contributed by atoms with Gasteiger partial charge >= 0.3 is 0 Å². The molecule has 1 aliphatic rings. The van der Waals surface area contributed by atoms with Crippen LogP contribution in [0.25, 0.3) is 0 Å². The van der Waals surface area contributed by atoms with Gasteiger partial charge in [-0.15, -0.1) is 0 Å². The van der Waals surface area contributed by atoms with Crippen LogP contribution in [0.5, 0.6) is 0 Å². The van der Waals surface area contributed by atoms with Gasteiger partial charge < -0.3 is 4.90 Å². The number of piperazine rings is 1. The molecule has 1 saturated heterocycles. The summed E-state index contributed by atoms with van der Waals surface area (Å²) >= 11 is 0. The van der Waals surface area contributed by atoms with Crippen molar-refractivity contribution in [2.45, 2.75) is 32.6 Å². The van der Waals surface area contributed by atoms with Crippen molar-refractivity contribution in [2.75, 3.05) is 26.2 Å². The van der Waals surface area contributed by atoms with E-state index >= 15 is 0 Å². The lowest BCUT2D eigenvalue weighted by molar-refractivity contribution is 0.0696. The van der Waals surface area contributed by atoms with E-state index in [1.54, 1.807) is 4.90 Å². The molecule has 0 atom stereocenters. The first-order valence-electron chi connectivity index (χ1n) is 9.59. The topological polar surface area (TPSA) is 74.8 Å². The lowest BCUT2D eigenvalue weighted by Crippen LogP contribution is -2.50. The van der Waals surface area contributed by atoms with Crippen LogP contribution in [0.15, 0.2) is 41.3 Å². The van der Waals surface area contributed by atoms with Gasteiger partial charge in [0, 0.05) is 37.3 Å². The Labute approximate surface area is 172 Å². The van der Waals surface area contributed by atoms with Crippen molar-refractivity contribution in [2.24, 2.45) is 0 Å². The maximum absolute atomic E-state index is 13.0. The Morgan fingerprint density at radius 1 is 0.862 bits per heavy atom. The second-order valence-corrected chi connectivity index (χ2v) is 9.49. The van der Waals surface area contributed by atoms with Gasteiger partial charge in [-0.2, -0.15) is 4.31 Å². The zero-order valence-corrected chi connectivity index (χ0v) is 18.0. The van der Waals surface area contributed by atoms with E-state index in [0.29, 0.717) is 24.2 Å². The summed E-state index contributed by atoms with van der Waals surface area (Å²) in [5, 5.41) is 0. The number of ketones is 1. The number of Topliss-reactive ketones (excluding diaryl/α,β-unsaturated/α-hetero) is 1. The number of amides is 1. The highest BCUT2D eigenvalue weighted by Gasteiger charge is 2.31. The number of aryl methyl sites for hydroxylation is 3. The molecule has 0 saturated carbocycles. The third-order valence-corrected chi connectivity index (χ3v) is 7.23. The highest BCUT2D eigenvalue weighted by molar-refractivity contribution is 7.89. The van der Waals surface area contributed by atoms with Gasteiger partial charge in [0.25, 0.3) is 5.91 Å². The number of hydrogen-bond donors (Lipinski definition) is 0. The summed E-state index contributed by atoms with van der Waals surface area (Å²) in [6, 6.07) is 9.96. The van der Waals surface area contributed by atoms with Crippen molar-refractivity contribution >= 4 is 21.7 Å². The van der Waals surface area contributed by atoms with Crippen LogP contribution in [0, 0.1) is 20.8 Å². The molecule has 1 aliphatic heterocycles. The van der Waals surface area contributed by atoms with E-state index in [4.69, 9.17) is 0 Å². The first kappa shape index (κ1) is 21.2. The van der Waals surface area contributed by atoms with Gasteiger partial charge in [-0.3, -0.25) is 9.59 Å². The average molecular weight is 415 g/mol. The molecule has 29 heavy (non-hydrogen) atoms. The van der Waals surface area contributed by atoms with Crippen LogP contribution in [0.4, 0.5) is 0 Å². The zero-order valence-electron chi connectivity index (χ0n) is 17.2. The third-order valence-electron chi connectivity index (χ3n) is 5.32. The molecule has 1 heterocycles. The van der Waals surface area contributed by atoms with Crippen LogP contribution >= 0.6 is 0 Å². The van der Waals surface area contributed by atoms with Crippen molar-refractivity contribution in [3.05, 3.63) is 64.2 Å². The van der Waals surface area contributed by atoms with Gasteiger partial charge in [0.15, 0.2) is 5.78 Å². The van der Waals surface area contributed by atoms with Gasteiger partial charge in [0.1, 0.15) is 0 Å². The molecule has 0 unspecified atom stereocenters. The summed E-state index contributed by atoms with van der Waals surface area (Å²) in [5.41, 5.74) is 4.17. The number of benzene rings is 2. The summed E-state index contributed by atoms with van der Waals surface area (Å²) in [7, 11) is -3.66. The highest BCUT2D eigenvalue weighted by atomic mass is 32.2. The lowest BCUT2D eigenvalue weighted by atomic mass is 9.98. The number of nitrogens with zero attached hydrogens (tertiary/aromatic N) is 2. The van der Waals surface area contributed by atoms with Crippen LogP contribution in [0.1, 0.15) is 44.3 Å². The molecule has 0 aliphatic carbocycles. The van der Waals surface area contributed by atoms with Crippen LogP contribution in [-0.2, 0) is 10.0 Å². The van der Waals surface area contributed by atoms with E-state index < -0.39 is 10.0 Å². The van der Waals surface area contributed by atoms with Crippen molar-refractivity contribution in [3.8, 4) is 0 Å². The van der Waals surface area contributed by atoms with Crippen molar-refractivity contribution < 1.29 is 18.0 Å². The van der Waals surface area contributed by atoms with E-state index in [2.05, 4.69) is 0 Å². The fraction of sp³-hybridized carbons (Fsp3) is 0.364. The van der Waals surface area contributed by atoms with Gasteiger partial charge in [-0.1, -0.05) is 29.8 Å². The van der Waals surface area contributed by atoms with Gasteiger partial charge in [0.05, 0.1) is 4.90 Å². The van der Waals surface area contributed by atoms with E-state index in [1.165, 1.54) is 35.5 Å². The fourth-order valence-electron chi connectivity index (χ4n) is 3.82. The molecule has 0 aromatic heterocycles. The molecule has 2 aromatic rings. The van der Waals surface area contributed by atoms with Crippen LogP contribution in [-0.4, -0.2) is 55.5 Å². The molecule has 1 fully saturated rings. The monoisotopic (exact) mass is 414 g/mol. The number of rotatable bonds is 4. The Bertz CT molecular complexity index is 1030. The molecule has 0 bridgehead atoms. The van der Waals surface area contributed by atoms with E-state index in [9.17, 15) is 18.0 Å². The predicted octanol–water partition coefficient (Wildman–Crippen LogP) is 2.96. The minimum Gasteiger partial charge on any atom is -0.336 e. The minimum atomic E-state index is -3.66. The molecule has 6 nitrogen and oxygen atoms in total. The number of hydrogen-bond acceptors (Lipinski definition) is 4. The SMILES string of the molecule is CC(=O)c1ccc(S(=O)(=O)N2CCN(C(=O)c3c(C)cc(C)cc3C)CC2)cc1. The third kappa shape index (κ3) is 4.26. The predicted molar refractivity (Wildman–Crippen MR) is 112 cm³/mol. The second kappa shape index (κ2) is 8.08. The molecular formula is C22H26N2O4S. The summed E-state index contributed by atoms with van der Waals surface area (Å²) in [4.78, 5) is 26.3. The first-order chi connectivity index (χ1) is 13.6. The van der Waals surface area contributed by atoms with Crippen molar-refractivity contribution in [1.82, 2.24) is 9.21 Å². The molecule has 3 rings (SSSR count). The van der Waals surface area contributed by atoms with Gasteiger partial charge in [-0.25, -0.2) is 8.42 Å². The Morgan fingerprint density at radius 3 is 1.86 bits per heavy atom. The molecule has 154 valence electrons. The summed E-state index contributed by atoms with van der Waals surface area (Å²) in [5.74, 6) is -0.161. The van der Waals surface area contributed by atoms with Crippen LogP contribution in [0.3, 0.4) is 0 Å². The maximum Gasteiger partial charge on any atom is 0.254 e. The number of carbonyl (C=O) groups is 2. The van der Waals surface area contributed by atoms with Gasteiger partial charge in [-0.05, 0) is 51.0 Å². The largest absolute Gasteiger partial charge is 0.336 e. The lowest BCUT2D eigenvalue weighted by Gasteiger charge is -2.34. The van der Waals surface area contributed by atoms with E-state index in [-0.39, 0.29) is 29.7 Å². The van der Waals surface area contributed by atoms with E-state index in [0.717, 1.165) is 16.7 Å². The normalized spacial score (nSPS) is 15.4. The second-order valence-electron chi connectivity index (χ2n) is 7.55. The van der Waals surface area contributed by atoms with Crippen molar-refractivity contribution in [3.63, 3.8) is 0 Å². The van der Waals surface area contributed by atoms with Crippen molar-refractivity contribution in [1.29, 1.82) is 0 Å². The number of sulfonamides is 1. The van der Waals surface area contributed by atoms with Crippen LogP contribution < -0.4 is 0 Å². The molecule has 1 amide bonds. The smallest absolute Gasteiger partial charge is 0.254 e. The first-order valence-corrected chi connectivity index (χ1v) is 11.0.